The molecular formula is C52H32N2. The van der Waals surface area contributed by atoms with E-state index in [1.807, 2.05) is 18.5 Å². The van der Waals surface area contributed by atoms with Crippen LogP contribution in [0.25, 0.3) is 110 Å². The fraction of sp³-hybridized carbons (Fsp3) is 0. The van der Waals surface area contributed by atoms with Crippen LogP contribution in [0.2, 0.25) is 0 Å². The van der Waals surface area contributed by atoms with Crippen molar-refractivity contribution in [3.05, 3.63) is 194 Å². The van der Waals surface area contributed by atoms with Gasteiger partial charge in [0.25, 0.3) is 0 Å². The molecule has 250 valence electrons. The monoisotopic (exact) mass is 684 g/mol. The summed E-state index contributed by atoms with van der Waals surface area (Å²) < 4.78 is 0. The van der Waals surface area contributed by atoms with Crippen molar-refractivity contribution in [2.45, 2.75) is 0 Å². The van der Waals surface area contributed by atoms with Gasteiger partial charge < -0.3 is 0 Å². The van der Waals surface area contributed by atoms with Gasteiger partial charge in [0.05, 0.1) is 0 Å². The summed E-state index contributed by atoms with van der Waals surface area (Å²) in [5.74, 6) is 0.733. The number of hydrogen-bond acceptors (Lipinski definition) is 2. The number of rotatable bonds is 5. The highest BCUT2D eigenvalue weighted by atomic mass is 14.9. The summed E-state index contributed by atoms with van der Waals surface area (Å²) >= 11 is 0. The minimum Gasteiger partial charge on any atom is -0.237 e. The number of nitrogens with zero attached hydrogens (tertiary/aromatic N) is 2. The molecule has 0 saturated carbocycles. The molecule has 0 aliphatic heterocycles. The zero-order chi connectivity index (χ0) is 35.6. The molecule has 11 aromatic rings. The van der Waals surface area contributed by atoms with Gasteiger partial charge in [-0.05, 0) is 111 Å². The standard InChI is InChI=1S/C52H32N2/c1-2-8-33(9-3-1)41-26-29-46-47(32-41)51(52-53-30-7-31-54-52)44-13-5-4-12-43(44)49(46)39-20-16-35(17-21-39)34-14-18-36(19-15-34)42-27-24-40-23-22-37-10-6-11-38-25-28-45(42)50(40)48(37)38/h1-32H. The highest BCUT2D eigenvalue weighted by molar-refractivity contribution is 6.25. The zero-order valence-corrected chi connectivity index (χ0v) is 29.4. The molecule has 0 bridgehead atoms. The molecule has 0 aliphatic rings. The number of fused-ring (bicyclic) bond motifs is 2. The van der Waals surface area contributed by atoms with E-state index in [0.29, 0.717) is 0 Å². The van der Waals surface area contributed by atoms with Crippen LogP contribution in [-0.4, -0.2) is 9.97 Å². The Bertz CT molecular complexity index is 3150. The Morgan fingerprint density at radius 3 is 1.52 bits per heavy atom. The van der Waals surface area contributed by atoms with Gasteiger partial charge in [-0.15, -0.1) is 0 Å². The van der Waals surface area contributed by atoms with Crippen molar-refractivity contribution in [1.29, 1.82) is 0 Å². The van der Waals surface area contributed by atoms with Gasteiger partial charge in [-0.2, -0.15) is 0 Å². The van der Waals surface area contributed by atoms with Crippen LogP contribution in [0.15, 0.2) is 194 Å². The topological polar surface area (TPSA) is 25.8 Å². The third kappa shape index (κ3) is 4.81. The van der Waals surface area contributed by atoms with Gasteiger partial charge in [-0.1, -0.05) is 170 Å². The van der Waals surface area contributed by atoms with Crippen LogP contribution in [0.1, 0.15) is 0 Å². The minimum atomic E-state index is 0.733. The molecule has 1 aromatic heterocycles. The van der Waals surface area contributed by atoms with Crippen molar-refractivity contribution < 1.29 is 0 Å². The zero-order valence-electron chi connectivity index (χ0n) is 29.4. The molecule has 0 radical (unpaired) electrons. The Hall–Kier alpha value is -7.16. The first-order valence-electron chi connectivity index (χ1n) is 18.5. The van der Waals surface area contributed by atoms with Crippen molar-refractivity contribution in [3.63, 3.8) is 0 Å². The molecular weight excluding hydrogens is 653 g/mol. The lowest BCUT2D eigenvalue weighted by Crippen LogP contribution is -1.94. The van der Waals surface area contributed by atoms with Gasteiger partial charge in [0, 0.05) is 18.0 Å². The summed E-state index contributed by atoms with van der Waals surface area (Å²) in [4.78, 5) is 9.50. The van der Waals surface area contributed by atoms with E-state index in [1.165, 1.54) is 87.6 Å². The van der Waals surface area contributed by atoms with Crippen LogP contribution in [0.4, 0.5) is 0 Å². The van der Waals surface area contributed by atoms with Crippen molar-refractivity contribution >= 4 is 53.9 Å². The van der Waals surface area contributed by atoms with Gasteiger partial charge >= 0.3 is 0 Å². The van der Waals surface area contributed by atoms with Crippen LogP contribution >= 0.6 is 0 Å². The molecule has 2 heteroatoms. The van der Waals surface area contributed by atoms with Crippen molar-refractivity contribution in [3.8, 4) is 55.9 Å². The van der Waals surface area contributed by atoms with Gasteiger partial charge in [-0.3, -0.25) is 0 Å². The molecule has 11 rings (SSSR count). The quantitative estimate of drug-likeness (QED) is 0.133. The van der Waals surface area contributed by atoms with Gasteiger partial charge in [0.1, 0.15) is 0 Å². The third-order valence-corrected chi connectivity index (χ3v) is 11.2. The lowest BCUT2D eigenvalue weighted by Gasteiger charge is -2.18. The van der Waals surface area contributed by atoms with Crippen LogP contribution in [-0.2, 0) is 0 Å². The van der Waals surface area contributed by atoms with E-state index in [2.05, 4.69) is 176 Å². The predicted molar refractivity (Wildman–Crippen MR) is 228 cm³/mol. The van der Waals surface area contributed by atoms with E-state index in [0.717, 1.165) is 22.2 Å². The van der Waals surface area contributed by atoms with Crippen LogP contribution in [0.3, 0.4) is 0 Å². The van der Waals surface area contributed by atoms with Crippen molar-refractivity contribution in [2.24, 2.45) is 0 Å². The van der Waals surface area contributed by atoms with Crippen LogP contribution < -0.4 is 0 Å². The largest absolute Gasteiger partial charge is 0.237 e. The minimum absolute atomic E-state index is 0.733. The van der Waals surface area contributed by atoms with Gasteiger partial charge in [-0.25, -0.2) is 9.97 Å². The first-order chi connectivity index (χ1) is 26.8. The van der Waals surface area contributed by atoms with E-state index >= 15 is 0 Å². The van der Waals surface area contributed by atoms with Crippen molar-refractivity contribution in [1.82, 2.24) is 9.97 Å². The Morgan fingerprint density at radius 1 is 0.278 bits per heavy atom. The lowest BCUT2D eigenvalue weighted by molar-refractivity contribution is 1.18. The van der Waals surface area contributed by atoms with E-state index in [-0.39, 0.29) is 0 Å². The molecule has 0 atom stereocenters. The molecule has 0 fully saturated rings. The summed E-state index contributed by atoms with van der Waals surface area (Å²) in [6, 6.07) is 66.2. The smallest absolute Gasteiger partial charge is 0.160 e. The molecule has 54 heavy (non-hydrogen) atoms. The van der Waals surface area contributed by atoms with E-state index in [4.69, 9.17) is 9.97 Å². The molecule has 0 amide bonds. The lowest BCUT2D eigenvalue weighted by atomic mass is 9.86. The molecule has 0 N–H and O–H groups in total. The average molecular weight is 685 g/mol. The predicted octanol–water partition coefficient (Wildman–Crippen LogP) is 14.0. The maximum atomic E-state index is 4.75. The maximum absolute atomic E-state index is 4.75. The molecule has 10 aromatic carbocycles. The normalized spacial score (nSPS) is 11.7. The van der Waals surface area contributed by atoms with E-state index in [9.17, 15) is 0 Å². The summed E-state index contributed by atoms with van der Waals surface area (Å²) in [6.07, 6.45) is 3.66. The second-order valence-corrected chi connectivity index (χ2v) is 14.1. The molecule has 2 nitrogen and oxygen atoms in total. The van der Waals surface area contributed by atoms with Crippen LogP contribution in [0, 0.1) is 0 Å². The fourth-order valence-electron chi connectivity index (χ4n) is 8.63. The highest BCUT2D eigenvalue weighted by Gasteiger charge is 2.19. The first kappa shape index (κ1) is 30.5. The number of benzene rings is 10. The Morgan fingerprint density at radius 2 is 0.796 bits per heavy atom. The fourth-order valence-corrected chi connectivity index (χ4v) is 8.63. The maximum Gasteiger partial charge on any atom is 0.160 e. The Kier molecular flexibility index (Phi) is 6.90. The second-order valence-electron chi connectivity index (χ2n) is 14.1. The Balaban J connectivity index is 1.01. The van der Waals surface area contributed by atoms with E-state index < -0.39 is 0 Å². The number of aromatic nitrogens is 2. The van der Waals surface area contributed by atoms with Crippen molar-refractivity contribution in [2.75, 3.05) is 0 Å². The average Bonchev–Trinajstić information content (AvgIpc) is 3.25. The van der Waals surface area contributed by atoms with Gasteiger partial charge in [0.15, 0.2) is 5.82 Å². The number of hydrogen-bond donors (Lipinski definition) is 0. The molecule has 0 saturated heterocycles. The summed E-state index contributed by atoms with van der Waals surface area (Å²) in [6.45, 7) is 0. The summed E-state index contributed by atoms with van der Waals surface area (Å²) in [5, 5.41) is 12.5. The van der Waals surface area contributed by atoms with Crippen LogP contribution in [0.5, 0.6) is 0 Å². The summed E-state index contributed by atoms with van der Waals surface area (Å²) in [7, 11) is 0. The molecule has 0 spiro atoms. The van der Waals surface area contributed by atoms with E-state index in [1.54, 1.807) is 0 Å². The molecule has 0 aliphatic carbocycles. The van der Waals surface area contributed by atoms with Gasteiger partial charge in [0.2, 0.25) is 0 Å². The molecule has 1 heterocycles. The second kappa shape index (κ2) is 12.2. The third-order valence-electron chi connectivity index (χ3n) is 11.2. The highest BCUT2D eigenvalue weighted by Crippen LogP contribution is 2.45. The Labute approximate surface area is 313 Å². The summed E-state index contributed by atoms with van der Waals surface area (Å²) in [5.41, 5.74) is 10.7. The first-order valence-corrected chi connectivity index (χ1v) is 18.5. The molecule has 0 unspecified atom stereocenters. The SMILES string of the molecule is c1ccc(-c2ccc3c(-c4ccc(-c5ccc(-c6ccc7ccc8cccc9ccc6c7c89)cc5)cc4)c4ccccc4c(-c4ncccn4)c3c2)cc1.